The van der Waals surface area contributed by atoms with E-state index in [9.17, 15) is 13.2 Å². The van der Waals surface area contributed by atoms with Crippen LogP contribution in [0, 0.1) is 6.92 Å². The summed E-state index contributed by atoms with van der Waals surface area (Å²) in [6, 6.07) is 26.4. The van der Waals surface area contributed by atoms with Crippen molar-refractivity contribution in [2.45, 2.75) is 31.7 Å². The third-order valence-electron chi connectivity index (χ3n) is 8.40. The summed E-state index contributed by atoms with van der Waals surface area (Å²) in [5.41, 5.74) is 4.71. The highest BCUT2D eigenvalue weighted by Gasteiger charge is 2.30. The summed E-state index contributed by atoms with van der Waals surface area (Å²) in [4.78, 5) is 21.5. The molecule has 0 N–H and O–H groups in total. The smallest absolute Gasteiger partial charge is 0.374 e. The highest BCUT2D eigenvalue weighted by Crippen LogP contribution is 2.36. The molecule has 1 aliphatic rings. The number of anilines is 2. The Labute approximate surface area is 270 Å². The normalized spacial score (nSPS) is 14.0. The van der Waals surface area contributed by atoms with E-state index in [4.69, 9.17) is 9.15 Å². The molecule has 9 nitrogen and oxygen atoms in total. The van der Waals surface area contributed by atoms with Crippen LogP contribution in [0.5, 0.6) is 0 Å². The largest absolute Gasteiger partial charge is 0.460 e. The van der Waals surface area contributed by atoms with Gasteiger partial charge in [-0.3, -0.25) is 14.2 Å². The Bertz CT molecular complexity index is 1900. The number of aryl methyl sites for hydroxylation is 1. The van der Waals surface area contributed by atoms with Gasteiger partial charge < -0.3 is 14.1 Å². The van der Waals surface area contributed by atoms with E-state index in [2.05, 4.69) is 20.9 Å². The number of sulfonamides is 1. The van der Waals surface area contributed by atoms with Crippen LogP contribution in [0.3, 0.4) is 0 Å². The summed E-state index contributed by atoms with van der Waals surface area (Å²) < 4.78 is 41.7. The van der Waals surface area contributed by atoms with E-state index in [1.54, 1.807) is 38.2 Å². The maximum Gasteiger partial charge on any atom is 0.374 e. The van der Waals surface area contributed by atoms with E-state index in [-0.39, 0.29) is 23.8 Å². The first kappa shape index (κ1) is 31.3. The number of para-hydroxylation sites is 2. The van der Waals surface area contributed by atoms with Crippen LogP contribution in [0.2, 0.25) is 0 Å². The number of esters is 1. The highest BCUT2D eigenvalue weighted by atomic mass is 32.2. The van der Waals surface area contributed by atoms with Crippen molar-refractivity contribution >= 4 is 38.3 Å². The molecule has 1 saturated heterocycles. The highest BCUT2D eigenvalue weighted by molar-refractivity contribution is 7.92. The molecule has 3 heterocycles. The Morgan fingerprint density at radius 1 is 0.935 bits per heavy atom. The van der Waals surface area contributed by atoms with Crippen LogP contribution in [0.25, 0.3) is 11.0 Å². The van der Waals surface area contributed by atoms with Crippen LogP contribution in [-0.2, 0) is 27.7 Å². The topological polar surface area (TPSA) is 96.2 Å². The van der Waals surface area contributed by atoms with Crippen molar-refractivity contribution in [2.75, 3.05) is 48.5 Å². The van der Waals surface area contributed by atoms with Gasteiger partial charge in [0.2, 0.25) is 5.76 Å². The number of carbonyl (C=O) groups is 1. The summed E-state index contributed by atoms with van der Waals surface area (Å²) in [5.74, 6) is -0.486. The Morgan fingerprint density at radius 3 is 2.41 bits per heavy atom. The standard InChI is InChI=1S/C36H38N4O5S/c1-3-44-36(41)35-27(2)31-24-30(15-16-34(31)45-35)46(42,43)40(19-17-28-10-5-4-6-11-28)33-14-8-7-13-32(33)39-22-20-38(21-23-39)26-29-12-9-18-37-25-29/h4-16,18,24-25H,3,17,19-23,26H2,1-2H3. The fourth-order valence-electron chi connectivity index (χ4n) is 5.96. The monoisotopic (exact) mass is 638 g/mol. The summed E-state index contributed by atoms with van der Waals surface area (Å²) in [7, 11) is -4.03. The summed E-state index contributed by atoms with van der Waals surface area (Å²) in [6.45, 7) is 7.98. The molecule has 0 bridgehead atoms. The van der Waals surface area contributed by atoms with Crippen molar-refractivity contribution in [1.29, 1.82) is 0 Å². The molecule has 0 saturated carbocycles. The Morgan fingerprint density at radius 2 is 1.67 bits per heavy atom. The number of pyridine rings is 1. The number of aromatic nitrogens is 1. The second-order valence-electron chi connectivity index (χ2n) is 11.4. The van der Waals surface area contributed by atoms with Crippen LogP contribution < -0.4 is 9.21 Å². The molecule has 5 aromatic rings. The van der Waals surface area contributed by atoms with Gasteiger partial charge in [0.25, 0.3) is 10.0 Å². The van der Waals surface area contributed by atoms with Crippen molar-refractivity contribution in [1.82, 2.24) is 9.88 Å². The number of furan rings is 1. The van der Waals surface area contributed by atoms with Crippen molar-refractivity contribution < 1.29 is 22.4 Å². The fourth-order valence-corrected chi connectivity index (χ4v) is 7.47. The first-order chi connectivity index (χ1) is 22.3. The zero-order chi connectivity index (χ0) is 32.1. The molecule has 0 aliphatic carbocycles. The van der Waals surface area contributed by atoms with Gasteiger partial charge in [0.15, 0.2) is 0 Å². The van der Waals surface area contributed by atoms with Gasteiger partial charge in [-0.1, -0.05) is 48.5 Å². The lowest BCUT2D eigenvalue weighted by molar-refractivity contribution is 0.0491. The predicted molar refractivity (Wildman–Crippen MR) is 180 cm³/mol. The van der Waals surface area contributed by atoms with Gasteiger partial charge in [-0.25, -0.2) is 13.2 Å². The number of piperazine rings is 1. The number of carbonyl (C=O) groups excluding carboxylic acids is 1. The molecule has 0 spiro atoms. The van der Waals surface area contributed by atoms with Crippen LogP contribution in [0.4, 0.5) is 11.4 Å². The van der Waals surface area contributed by atoms with Crippen molar-refractivity contribution in [3.63, 3.8) is 0 Å². The zero-order valence-electron chi connectivity index (χ0n) is 26.1. The number of hydrogen-bond acceptors (Lipinski definition) is 8. The van der Waals surface area contributed by atoms with Crippen LogP contribution in [0.15, 0.2) is 107 Å². The van der Waals surface area contributed by atoms with Gasteiger partial charge in [0.05, 0.1) is 22.9 Å². The average molecular weight is 639 g/mol. The van der Waals surface area contributed by atoms with E-state index in [0.29, 0.717) is 28.6 Å². The lowest BCUT2D eigenvalue weighted by Crippen LogP contribution is -2.46. The van der Waals surface area contributed by atoms with E-state index in [1.807, 2.05) is 66.9 Å². The van der Waals surface area contributed by atoms with Gasteiger partial charge in [-0.15, -0.1) is 0 Å². The van der Waals surface area contributed by atoms with Gasteiger partial charge in [-0.05, 0) is 67.8 Å². The van der Waals surface area contributed by atoms with E-state index >= 15 is 0 Å². The number of benzene rings is 3. The lowest BCUT2D eigenvalue weighted by Gasteiger charge is -2.38. The minimum absolute atomic E-state index is 0.0837. The van der Waals surface area contributed by atoms with Gasteiger partial charge in [0, 0.05) is 62.6 Å². The first-order valence-corrected chi connectivity index (χ1v) is 17.0. The number of ether oxygens (including phenoxy) is 1. The summed E-state index contributed by atoms with van der Waals surface area (Å²) in [6.07, 6.45) is 4.22. The Hall–Kier alpha value is -4.67. The van der Waals surface area contributed by atoms with Crippen molar-refractivity contribution in [3.8, 4) is 0 Å². The first-order valence-electron chi connectivity index (χ1n) is 15.6. The molecule has 0 atom stereocenters. The molecule has 6 rings (SSSR count). The lowest BCUT2D eigenvalue weighted by atomic mass is 10.1. The van der Waals surface area contributed by atoms with Gasteiger partial charge >= 0.3 is 5.97 Å². The molecule has 238 valence electrons. The van der Waals surface area contributed by atoms with Crippen LogP contribution >= 0.6 is 0 Å². The quantitative estimate of drug-likeness (QED) is 0.161. The molecule has 0 unspecified atom stereocenters. The second-order valence-corrected chi connectivity index (χ2v) is 13.2. The molecule has 0 amide bonds. The third kappa shape index (κ3) is 6.63. The molecule has 3 aromatic carbocycles. The molecule has 0 radical (unpaired) electrons. The van der Waals surface area contributed by atoms with Gasteiger partial charge in [0.1, 0.15) is 5.58 Å². The summed E-state index contributed by atoms with van der Waals surface area (Å²) in [5, 5.41) is 0.560. The summed E-state index contributed by atoms with van der Waals surface area (Å²) >= 11 is 0. The molecular weight excluding hydrogens is 600 g/mol. The SMILES string of the molecule is CCOC(=O)c1oc2ccc(S(=O)(=O)N(CCc3ccccc3)c3ccccc3N3CCN(Cc4cccnc4)CC3)cc2c1C. The van der Waals surface area contributed by atoms with Crippen LogP contribution in [-0.4, -0.2) is 63.6 Å². The molecule has 2 aromatic heterocycles. The Balaban J connectivity index is 1.33. The van der Waals surface area contributed by atoms with E-state index in [1.165, 1.54) is 9.87 Å². The second kappa shape index (κ2) is 13.8. The Kier molecular flexibility index (Phi) is 9.37. The average Bonchev–Trinajstić information content (AvgIpc) is 3.42. The van der Waals surface area contributed by atoms with E-state index < -0.39 is 16.0 Å². The number of nitrogens with zero attached hydrogens (tertiary/aromatic N) is 4. The zero-order valence-corrected chi connectivity index (χ0v) is 26.9. The molecular formula is C36H38N4O5S. The van der Waals surface area contributed by atoms with Crippen LogP contribution in [0.1, 0.15) is 34.2 Å². The minimum Gasteiger partial charge on any atom is -0.460 e. The number of fused-ring (bicyclic) bond motifs is 1. The molecule has 46 heavy (non-hydrogen) atoms. The van der Waals surface area contributed by atoms with Gasteiger partial charge in [-0.2, -0.15) is 0 Å². The fraction of sp³-hybridized carbons (Fsp3) is 0.278. The van der Waals surface area contributed by atoms with Crippen molar-refractivity contribution in [3.05, 3.63) is 120 Å². The molecule has 1 fully saturated rings. The predicted octanol–water partition coefficient (Wildman–Crippen LogP) is 6.07. The molecule has 10 heteroatoms. The van der Waals surface area contributed by atoms with E-state index in [0.717, 1.165) is 44.0 Å². The third-order valence-corrected chi connectivity index (χ3v) is 10.2. The maximum absolute atomic E-state index is 14.6. The number of hydrogen-bond donors (Lipinski definition) is 0. The maximum atomic E-state index is 14.6. The molecule has 1 aliphatic heterocycles. The van der Waals surface area contributed by atoms with Crippen molar-refractivity contribution in [2.24, 2.45) is 0 Å². The number of rotatable bonds is 11. The minimum atomic E-state index is -4.03.